The van der Waals surface area contributed by atoms with Crippen molar-refractivity contribution >= 4 is 89.8 Å². The van der Waals surface area contributed by atoms with Crippen LogP contribution < -0.4 is 20.1 Å². The lowest BCUT2D eigenvalue weighted by Crippen LogP contribution is -2.16. The largest absolute Gasteiger partial charge is 0.456 e. The molecule has 6 N–H and O–H groups in total. The van der Waals surface area contributed by atoms with Crippen LogP contribution in [-0.4, -0.2) is 68.3 Å². The van der Waals surface area contributed by atoms with Crippen molar-refractivity contribution in [1.82, 2.24) is 0 Å². The van der Waals surface area contributed by atoms with Crippen molar-refractivity contribution in [2.75, 3.05) is 27.3 Å². The number of hydrogen-bond donors (Lipinski definition) is 6. The van der Waals surface area contributed by atoms with E-state index in [-0.39, 0.29) is 89.6 Å². The Kier molecular flexibility index (Phi) is 11.7. The van der Waals surface area contributed by atoms with Crippen molar-refractivity contribution in [2.24, 2.45) is 4.99 Å². The molecule has 23 heteroatoms. The second-order valence-electron chi connectivity index (χ2n) is 14.7. The van der Waals surface area contributed by atoms with Crippen molar-refractivity contribution in [1.29, 1.82) is 0 Å². The molecule has 0 bridgehead atoms. The summed E-state index contributed by atoms with van der Waals surface area (Å²) in [6, 6.07) is 14.8. The molecule has 6 rings (SSSR count). The normalized spacial score (nSPS) is 13.2. The summed E-state index contributed by atoms with van der Waals surface area (Å²) in [4.78, 5) is 3.13. The van der Waals surface area contributed by atoms with Crippen molar-refractivity contribution in [3.8, 4) is 22.5 Å². The molecule has 0 fully saturated rings. The zero-order valence-electron chi connectivity index (χ0n) is 34.1. The van der Waals surface area contributed by atoms with Gasteiger partial charge in [0.25, 0.3) is 30.4 Å². The van der Waals surface area contributed by atoms with Crippen LogP contribution >= 0.6 is 0 Å². The third kappa shape index (κ3) is 9.06. The van der Waals surface area contributed by atoms with Crippen molar-refractivity contribution in [3.05, 3.63) is 99.4 Å². The van der Waals surface area contributed by atoms with E-state index in [4.69, 9.17) is 4.42 Å². The minimum absolute atomic E-state index is 0.00391. The van der Waals surface area contributed by atoms with Crippen LogP contribution in [0.25, 0.3) is 33.4 Å². The number of nitrogens with one attached hydrogen (secondary N) is 3. The molecule has 0 aromatic heterocycles. The molecule has 330 valence electrons. The summed E-state index contributed by atoms with van der Waals surface area (Å²) in [6.07, 6.45) is 1.75. The monoisotopic (exact) mass is 948 g/mol. The van der Waals surface area contributed by atoms with Gasteiger partial charge in [-0.1, -0.05) is 18.2 Å². The smallest absolute Gasteiger partial charge is 0.295 e. The highest BCUT2D eigenvalue weighted by molar-refractivity contribution is 7.92. The van der Waals surface area contributed by atoms with Crippen LogP contribution in [0.15, 0.2) is 84.8 Å². The van der Waals surface area contributed by atoms with Gasteiger partial charge >= 0.3 is 0 Å². The minimum atomic E-state index is -4.90. The molecule has 0 atom stereocenters. The van der Waals surface area contributed by atoms with Gasteiger partial charge < -0.3 is 9.73 Å². The van der Waals surface area contributed by atoms with Gasteiger partial charge in [0.2, 0.25) is 20.0 Å². The lowest BCUT2D eigenvalue weighted by Gasteiger charge is -2.22. The summed E-state index contributed by atoms with van der Waals surface area (Å²) >= 11 is 0. The van der Waals surface area contributed by atoms with E-state index >= 15 is 0 Å². The molecule has 62 heavy (non-hydrogen) atoms. The van der Waals surface area contributed by atoms with Crippen LogP contribution in [0, 0.1) is 41.5 Å². The third-order valence-corrected chi connectivity index (χ3v) is 14.4. The molecular formula is C39H40N4O14S5. The van der Waals surface area contributed by atoms with Gasteiger partial charge in [-0.2, -0.15) is 25.3 Å². The van der Waals surface area contributed by atoms with Crippen molar-refractivity contribution in [2.45, 2.75) is 56.2 Å². The number of fused-ring (bicyclic) bond motifs is 2. The Labute approximate surface area is 358 Å². The Hall–Kier alpha value is -5.40. The standard InChI is InChI=1S/C39H40N4O14S5/c1-19-34(21(3)38(61(51,52)53)23(5)36(19)42-58(7,44)45)40-25-13-15-27-30(17-25)57-31-18-26(14-16-28(31)33(27)29-11-9-10-12-32(29)60(48,49)50)41-35-20(2)37(43-59(8,46)47)24(6)39(22(35)4)62(54,55)56/h9-18,40,42-43H,1-8H3,(H,48,49,50)(H,51,52,53)(H,54,55,56)/b41-26+. The van der Waals surface area contributed by atoms with Gasteiger partial charge in [-0.3, -0.25) is 23.1 Å². The van der Waals surface area contributed by atoms with Crippen molar-refractivity contribution < 1.29 is 60.2 Å². The summed E-state index contributed by atoms with van der Waals surface area (Å²) in [7, 11) is -22.5. The lowest BCUT2D eigenvalue weighted by atomic mass is 9.93. The second-order valence-corrected chi connectivity index (χ2v) is 22.3. The molecule has 0 radical (unpaired) electrons. The molecule has 1 heterocycles. The van der Waals surface area contributed by atoms with Gasteiger partial charge in [0.15, 0.2) is 0 Å². The number of anilines is 4. The average Bonchev–Trinajstić information content (AvgIpc) is 3.12. The van der Waals surface area contributed by atoms with E-state index in [2.05, 4.69) is 19.8 Å². The molecule has 0 saturated heterocycles. The van der Waals surface area contributed by atoms with E-state index in [9.17, 15) is 55.7 Å². The molecule has 4 aromatic carbocycles. The molecule has 2 aliphatic rings. The SMILES string of the molecule is Cc1c(/N=c2\ccc3c(-c4ccccc4S(=O)(=O)O)c4ccc(Nc5c(C)c(NS(C)(=O)=O)c(C)c(S(=O)(=O)O)c5C)cc4oc-3c2)c(C)c(S(=O)(=O)O)c(C)c1NS(C)(=O)=O. The van der Waals surface area contributed by atoms with Crippen LogP contribution in [0.4, 0.5) is 28.4 Å². The quantitative estimate of drug-likeness (QED) is 0.0596. The van der Waals surface area contributed by atoms with Crippen LogP contribution in [0.5, 0.6) is 0 Å². The number of nitrogens with zero attached hydrogens (tertiary/aromatic N) is 1. The first-order valence-corrected chi connectivity index (χ1v) is 26.1. The predicted molar refractivity (Wildman–Crippen MR) is 234 cm³/mol. The van der Waals surface area contributed by atoms with E-state index in [1.54, 1.807) is 24.3 Å². The average molecular weight is 949 g/mol. The molecule has 0 spiro atoms. The number of hydrogen-bond acceptors (Lipinski definition) is 13. The maximum Gasteiger partial charge on any atom is 0.295 e. The first-order chi connectivity index (χ1) is 28.4. The molecule has 0 unspecified atom stereocenters. The minimum Gasteiger partial charge on any atom is -0.456 e. The second kappa shape index (κ2) is 15.7. The van der Waals surface area contributed by atoms with Crippen LogP contribution in [-0.2, 0) is 50.4 Å². The third-order valence-electron chi connectivity index (χ3n) is 10.1. The lowest BCUT2D eigenvalue weighted by molar-refractivity contribution is 0.479. The predicted octanol–water partition coefficient (Wildman–Crippen LogP) is 6.51. The highest BCUT2D eigenvalue weighted by Gasteiger charge is 2.29. The molecular weight excluding hydrogens is 909 g/mol. The molecule has 0 amide bonds. The van der Waals surface area contributed by atoms with Gasteiger partial charge in [-0.05, 0) is 105 Å². The van der Waals surface area contributed by atoms with Gasteiger partial charge in [-0.15, -0.1) is 0 Å². The fraction of sp³-hybridized carbons (Fsp3) is 0.205. The highest BCUT2D eigenvalue weighted by Crippen LogP contribution is 2.45. The molecule has 0 saturated carbocycles. The van der Waals surface area contributed by atoms with Gasteiger partial charge in [0.05, 0.1) is 34.9 Å². The molecule has 4 aromatic rings. The van der Waals surface area contributed by atoms with E-state index in [1.807, 2.05) is 0 Å². The molecule has 1 aliphatic carbocycles. The Morgan fingerprint density at radius 3 is 1.63 bits per heavy atom. The first-order valence-electron chi connectivity index (χ1n) is 18.0. The number of rotatable bonds is 11. The molecule has 18 nitrogen and oxygen atoms in total. The Bertz CT molecular complexity index is 3530. The van der Waals surface area contributed by atoms with Gasteiger partial charge in [0, 0.05) is 45.6 Å². The van der Waals surface area contributed by atoms with E-state index in [1.165, 1.54) is 77.9 Å². The summed E-state index contributed by atoms with van der Waals surface area (Å²) in [5.41, 5.74) is 1.38. The summed E-state index contributed by atoms with van der Waals surface area (Å²) in [6.45, 7) is 8.52. The van der Waals surface area contributed by atoms with E-state index < -0.39 is 65.1 Å². The number of benzene rings is 5. The summed E-state index contributed by atoms with van der Waals surface area (Å²) < 4.78 is 167. The zero-order valence-corrected chi connectivity index (χ0v) is 38.2. The maximum atomic E-state index is 12.7. The number of sulfonamides is 2. The van der Waals surface area contributed by atoms with Crippen LogP contribution in [0.1, 0.15) is 33.4 Å². The van der Waals surface area contributed by atoms with Gasteiger partial charge in [-0.25, -0.2) is 21.8 Å². The molecule has 1 aliphatic heterocycles. The zero-order chi connectivity index (χ0) is 46.2. The Balaban J connectivity index is 1.68. The fourth-order valence-electron chi connectivity index (χ4n) is 7.67. The Morgan fingerprint density at radius 1 is 0.548 bits per heavy atom. The first kappa shape index (κ1) is 46.1. The maximum absolute atomic E-state index is 12.7. The fourth-order valence-corrected chi connectivity index (χ4v) is 11.7. The van der Waals surface area contributed by atoms with Crippen LogP contribution in [0.3, 0.4) is 0 Å². The highest BCUT2D eigenvalue weighted by atomic mass is 32.2. The summed E-state index contributed by atoms with van der Waals surface area (Å²) in [5, 5.41) is 3.57. The summed E-state index contributed by atoms with van der Waals surface area (Å²) in [5.74, 6) is 0.0824. The van der Waals surface area contributed by atoms with E-state index in [0.29, 0.717) is 10.9 Å². The topological polar surface area (TPSA) is 293 Å². The van der Waals surface area contributed by atoms with Gasteiger partial charge in [0.1, 0.15) is 26.0 Å². The Morgan fingerprint density at radius 2 is 1.08 bits per heavy atom. The van der Waals surface area contributed by atoms with Crippen LogP contribution in [0.2, 0.25) is 0 Å². The van der Waals surface area contributed by atoms with Crippen molar-refractivity contribution in [3.63, 3.8) is 0 Å². The van der Waals surface area contributed by atoms with E-state index in [0.717, 1.165) is 12.5 Å².